The van der Waals surface area contributed by atoms with Crippen LogP contribution in [0, 0.1) is 3.57 Å². The molecule has 1 aromatic rings. The van der Waals surface area contributed by atoms with Gasteiger partial charge in [0.25, 0.3) is 0 Å². The predicted molar refractivity (Wildman–Crippen MR) is 73.1 cm³/mol. The second-order valence-electron chi connectivity index (χ2n) is 3.77. The minimum Gasteiger partial charge on any atom is -0.360 e. The van der Waals surface area contributed by atoms with E-state index in [1.54, 1.807) is 14.2 Å². The standard InChI is InChI=1S/C11H13ClINO2/c1-15-11(16-2)6-14(7-11)10-4-3-8(12)5-9(10)13/h3-5H,6-7H2,1-2H3. The van der Waals surface area contributed by atoms with Gasteiger partial charge in [-0.25, -0.2) is 0 Å². The van der Waals surface area contributed by atoms with Crippen molar-refractivity contribution < 1.29 is 9.47 Å². The summed E-state index contributed by atoms with van der Waals surface area (Å²) in [5.41, 5.74) is 1.18. The van der Waals surface area contributed by atoms with Crippen molar-refractivity contribution in [2.45, 2.75) is 5.79 Å². The topological polar surface area (TPSA) is 21.7 Å². The number of ether oxygens (including phenoxy) is 2. The van der Waals surface area contributed by atoms with Crippen LogP contribution in [-0.2, 0) is 9.47 Å². The van der Waals surface area contributed by atoms with Crippen LogP contribution in [0.15, 0.2) is 18.2 Å². The Morgan fingerprint density at radius 3 is 2.44 bits per heavy atom. The lowest BCUT2D eigenvalue weighted by Gasteiger charge is -2.49. The summed E-state index contributed by atoms with van der Waals surface area (Å²) in [6, 6.07) is 5.88. The maximum atomic E-state index is 5.92. The van der Waals surface area contributed by atoms with E-state index in [4.69, 9.17) is 21.1 Å². The summed E-state index contributed by atoms with van der Waals surface area (Å²) in [4.78, 5) is 2.21. The van der Waals surface area contributed by atoms with Crippen molar-refractivity contribution in [1.29, 1.82) is 0 Å². The van der Waals surface area contributed by atoms with Crippen LogP contribution in [-0.4, -0.2) is 33.1 Å². The number of benzene rings is 1. The third-order valence-corrected chi connectivity index (χ3v) is 3.96. The summed E-state index contributed by atoms with van der Waals surface area (Å²) in [6.45, 7) is 1.50. The maximum Gasteiger partial charge on any atom is 0.203 e. The molecular formula is C11H13ClINO2. The monoisotopic (exact) mass is 353 g/mol. The van der Waals surface area contributed by atoms with Crippen molar-refractivity contribution in [3.63, 3.8) is 0 Å². The molecule has 0 radical (unpaired) electrons. The summed E-state index contributed by atoms with van der Waals surface area (Å²) in [7, 11) is 3.35. The Bertz CT molecular complexity index is 388. The third-order valence-electron chi connectivity index (χ3n) is 2.86. The van der Waals surface area contributed by atoms with Gasteiger partial charge in [0, 0.05) is 22.8 Å². The van der Waals surface area contributed by atoms with E-state index in [1.165, 1.54) is 5.69 Å². The molecule has 88 valence electrons. The van der Waals surface area contributed by atoms with Crippen molar-refractivity contribution in [2.75, 3.05) is 32.2 Å². The smallest absolute Gasteiger partial charge is 0.203 e. The van der Waals surface area contributed by atoms with Crippen LogP contribution in [0.25, 0.3) is 0 Å². The summed E-state index contributed by atoms with van der Waals surface area (Å²) >= 11 is 8.21. The Morgan fingerprint density at radius 2 is 1.94 bits per heavy atom. The Hall–Kier alpha value is -0.0400. The highest BCUT2D eigenvalue weighted by molar-refractivity contribution is 14.1. The maximum absolute atomic E-state index is 5.92. The van der Waals surface area contributed by atoms with Crippen LogP contribution in [0.4, 0.5) is 5.69 Å². The average Bonchev–Trinajstić information content (AvgIpc) is 2.20. The quantitative estimate of drug-likeness (QED) is 0.616. The first-order valence-corrected chi connectivity index (χ1v) is 6.36. The van der Waals surface area contributed by atoms with E-state index < -0.39 is 5.79 Å². The van der Waals surface area contributed by atoms with Crippen LogP contribution in [0.3, 0.4) is 0 Å². The second kappa shape index (κ2) is 4.68. The van der Waals surface area contributed by atoms with E-state index in [2.05, 4.69) is 27.5 Å². The molecule has 1 fully saturated rings. The normalized spacial score (nSPS) is 18.4. The fourth-order valence-electron chi connectivity index (χ4n) is 1.78. The molecule has 3 nitrogen and oxygen atoms in total. The van der Waals surface area contributed by atoms with Gasteiger partial charge in [-0.1, -0.05) is 11.6 Å². The van der Waals surface area contributed by atoms with Gasteiger partial charge in [-0.15, -0.1) is 0 Å². The average molecular weight is 354 g/mol. The lowest BCUT2D eigenvalue weighted by Crippen LogP contribution is -2.64. The van der Waals surface area contributed by atoms with E-state index in [0.29, 0.717) is 0 Å². The van der Waals surface area contributed by atoms with Gasteiger partial charge < -0.3 is 14.4 Å². The molecule has 16 heavy (non-hydrogen) atoms. The molecule has 1 aliphatic rings. The van der Waals surface area contributed by atoms with E-state index in [9.17, 15) is 0 Å². The highest BCUT2D eigenvalue weighted by Gasteiger charge is 2.44. The summed E-state index contributed by atoms with van der Waals surface area (Å²) < 4.78 is 11.8. The molecule has 0 N–H and O–H groups in total. The molecule has 1 aromatic carbocycles. The van der Waals surface area contributed by atoms with Crippen molar-refractivity contribution in [2.24, 2.45) is 0 Å². The van der Waals surface area contributed by atoms with Gasteiger partial charge in [0.2, 0.25) is 5.79 Å². The molecule has 0 bridgehead atoms. The first-order valence-electron chi connectivity index (χ1n) is 4.90. The zero-order valence-electron chi connectivity index (χ0n) is 9.17. The fourth-order valence-corrected chi connectivity index (χ4v) is 3.00. The minimum absolute atomic E-state index is 0.442. The molecule has 0 spiro atoms. The van der Waals surface area contributed by atoms with Gasteiger partial charge in [-0.05, 0) is 40.8 Å². The van der Waals surface area contributed by atoms with Crippen molar-refractivity contribution in [1.82, 2.24) is 0 Å². The number of rotatable bonds is 3. The largest absolute Gasteiger partial charge is 0.360 e. The number of halogens is 2. The van der Waals surface area contributed by atoms with Crippen LogP contribution in [0.5, 0.6) is 0 Å². The molecule has 0 aliphatic carbocycles. The molecule has 1 saturated heterocycles. The van der Waals surface area contributed by atoms with Crippen LogP contribution < -0.4 is 4.90 Å². The number of methoxy groups -OCH3 is 2. The van der Waals surface area contributed by atoms with Gasteiger partial charge in [0.1, 0.15) is 0 Å². The van der Waals surface area contributed by atoms with Crippen molar-refractivity contribution >= 4 is 39.9 Å². The number of hydrogen-bond donors (Lipinski definition) is 0. The summed E-state index contributed by atoms with van der Waals surface area (Å²) in [6.07, 6.45) is 0. The Morgan fingerprint density at radius 1 is 1.31 bits per heavy atom. The van der Waals surface area contributed by atoms with Crippen LogP contribution in [0.2, 0.25) is 5.02 Å². The first-order chi connectivity index (χ1) is 7.60. The summed E-state index contributed by atoms with van der Waals surface area (Å²) in [5, 5.41) is 0.762. The lowest BCUT2D eigenvalue weighted by atomic mass is 10.1. The molecule has 5 heteroatoms. The molecule has 0 amide bonds. The minimum atomic E-state index is -0.442. The van der Waals surface area contributed by atoms with Crippen LogP contribution >= 0.6 is 34.2 Å². The molecule has 0 aromatic heterocycles. The molecule has 0 atom stereocenters. The first kappa shape index (κ1) is 12.4. The van der Waals surface area contributed by atoms with Gasteiger partial charge >= 0.3 is 0 Å². The molecule has 0 saturated carbocycles. The number of hydrogen-bond acceptors (Lipinski definition) is 3. The molecular weight excluding hydrogens is 340 g/mol. The van der Waals surface area contributed by atoms with Crippen LogP contribution in [0.1, 0.15) is 0 Å². The zero-order chi connectivity index (χ0) is 11.8. The molecule has 1 aliphatic heterocycles. The third kappa shape index (κ3) is 2.16. The molecule has 1 heterocycles. The van der Waals surface area contributed by atoms with E-state index in [0.717, 1.165) is 21.7 Å². The van der Waals surface area contributed by atoms with Gasteiger partial charge in [0.05, 0.1) is 18.8 Å². The molecule has 2 rings (SSSR count). The highest BCUT2D eigenvalue weighted by atomic mass is 127. The van der Waals surface area contributed by atoms with Gasteiger partial charge in [0.15, 0.2) is 0 Å². The Labute approximate surface area is 114 Å². The van der Waals surface area contributed by atoms with Crippen molar-refractivity contribution in [3.05, 3.63) is 26.8 Å². The lowest BCUT2D eigenvalue weighted by molar-refractivity contribution is -0.219. The Balaban J connectivity index is 2.12. The number of nitrogens with zero attached hydrogens (tertiary/aromatic N) is 1. The Kier molecular flexibility index (Phi) is 3.63. The zero-order valence-corrected chi connectivity index (χ0v) is 12.1. The van der Waals surface area contributed by atoms with Crippen molar-refractivity contribution in [3.8, 4) is 0 Å². The van der Waals surface area contributed by atoms with E-state index in [1.807, 2.05) is 18.2 Å². The second-order valence-corrected chi connectivity index (χ2v) is 5.37. The predicted octanol–water partition coefficient (Wildman–Crippen LogP) is 2.75. The molecule has 0 unspecified atom stereocenters. The highest BCUT2D eigenvalue weighted by Crippen LogP contribution is 2.34. The van der Waals surface area contributed by atoms with E-state index >= 15 is 0 Å². The number of anilines is 1. The fraction of sp³-hybridized carbons (Fsp3) is 0.455. The van der Waals surface area contributed by atoms with Gasteiger partial charge in [-0.2, -0.15) is 0 Å². The summed E-state index contributed by atoms with van der Waals surface area (Å²) in [5.74, 6) is -0.442. The SMILES string of the molecule is COC1(OC)CN(c2ccc(Cl)cc2I)C1. The van der Waals surface area contributed by atoms with Gasteiger partial charge in [-0.3, -0.25) is 0 Å². The van der Waals surface area contributed by atoms with E-state index in [-0.39, 0.29) is 0 Å².